The predicted molar refractivity (Wildman–Crippen MR) is 49.1 cm³/mol. The quantitative estimate of drug-likeness (QED) is 0.790. The van der Waals surface area contributed by atoms with Crippen LogP contribution in [0.5, 0.6) is 0 Å². The highest BCUT2D eigenvalue weighted by Crippen LogP contribution is 2.06. The van der Waals surface area contributed by atoms with Crippen LogP contribution in [-0.4, -0.2) is 11.0 Å². The van der Waals surface area contributed by atoms with Gasteiger partial charge in [-0.3, -0.25) is 4.79 Å². The molecule has 0 aliphatic carbocycles. The van der Waals surface area contributed by atoms with E-state index in [9.17, 15) is 13.6 Å². The molecule has 0 atom stereocenters. The number of pyridine rings is 1. The van der Waals surface area contributed by atoms with Crippen molar-refractivity contribution in [2.45, 2.75) is 19.9 Å². The first-order chi connectivity index (χ1) is 6.00. The second-order valence-corrected chi connectivity index (χ2v) is 3.57. The maximum Gasteiger partial charge on any atom is 0.265 e. The molecule has 2 nitrogen and oxygen atoms in total. The molecule has 0 bridgehead atoms. The van der Waals surface area contributed by atoms with Gasteiger partial charge < -0.3 is 4.57 Å². The van der Waals surface area contributed by atoms with Crippen LogP contribution in [-0.2, 0) is 6.54 Å². The second kappa shape index (κ2) is 4.00. The Bertz CT molecular complexity index is 362. The summed E-state index contributed by atoms with van der Waals surface area (Å²) in [5, 5.41) is 0. The summed E-state index contributed by atoms with van der Waals surface area (Å²) in [6.45, 7) is 1.19. The first-order valence-corrected chi connectivity index (χ1v) is 4.44. The largest absolute Gasteiger partial charge is 0.309 e. The molecule has 0 fully saturated rings. The highest BCUT2D eigenvalue weighted by Gasteiger charge is 2.07. The lowest BCUT2D eigenvalue weighted by molar-refractivity contribution is 0.125. The van der Waals surface area contributed by atoms with Crippen LogP contribution in [0.1, 0.15) is 5.56 Å². The van der Waals surface area contributed by atoms with Crippen molar-refractivity contribution in [2.75, 3.05) is 0 Å². The first kappa shape index (κ1) is 10.4. The summed E-state index contributed by atoms with van der Waals surface area (Å²) < 4.78 is 25.3. The van der Waals surface area contributed by atoms with Crippen LogP contribution in [0.2, 0.25) is 0 Å². The van der Waals surface area contributed by atoms with Gasteiger partial charge in [-0.15, -0.1) is 0 Å². The van der Waals surface area contributed by atoms with E-state index in [2.05, 4.69) is 15.9 Å². The van der Waals surface area contributed by atoms with E-state index in [-0.39, 0.29) is 0 Å². The van der Waals surface area contributed by atoms with E-state index in [1.54, 1.807) is 13.0 Å². The van der Waals surface area contributed by atoms with Crippen LogP contribution in [0.25, 0.3) is 0 Å². The SMILES string of the molecule is Cc1cc(Br)c(=O)n(CC(F)F)c1. The van der Waals surface area contributed by atoms with Crippen molar-refractivity contribution in [2.24, 2.45) is 0 Å². The molecule has 1 aromatic rings. The minimum atomic E-state index is -2.51. The van der Waals surface area contributed by atoms with Crippen LogP contribution in [0.15, 0.2) is 21.5 Å². The van der Waals surface area contributed by atoms with Gasteiger partial charge in [0.1, 0.15) is 0 Å². The zero-order valence-corrected chi connectivity index (χ0v) is 8.51. The van der Waals surface area contributed by atoms with E-state index >= 15 is 0 Å². The Labute approximate surface area is 82.3 Å². The molecule has 5 heteroatoms. The van der Waals surface area contributed by atoms with Crippen molar-refractivity contribution in [3.63, 3.8) is 0 Å². The molecule has 0 amide bonds. The fourth-order valence-electron chi connectivity index (χ4n) is 1.02. The Morgan fingerprint density at radius 1 is 1.62 bits per heavy atom. The average Bonchev–Trinajstić information content (AvgIpc) is 1.98. The zero-order chi connectivity index (χ0) is 10.0. The second-order valence-electron chi connectivity index (χ2n) is 2.71. The zero-order valence-electron chi connectivity index (χ0n) is 6.93. The highest BCUT2D eigenvalue weighted by molar-refractivity contribution is 9.10. The van der Waals surface area contributed by atoms with Crippen LogP contribution < -0.4 is 5.56 Å². The fourth-order valence-corrected chi connectivity index (χ4v) is 1.61. The van der Waals surface area contributed by atoms with Crippen molar-refractivity contribution in [1.29, 1.82) is 0 Å². The highest BCUT2D eigenvalue weighted by atomic mass is 79.9. The number of hydrogen-bond donors (Lipinski definition) is 0. The number of halogens is 3. The van der Waals surface area contributed by atoms with Crippen molar-refractivity contribution >= 4 is 15.9 Å². The molecule has 0 aliphatic heterocycles. The van der Waals surface area contributed by atoms with Gasteiger partial charge in [-0.1, -0.05) is 0 Å². The average molecular weight is 252 g/mol. The summed E-state index contributed by atoms with van der Waals surface area (Å²) in [7, 11) is 0. The number of rotatable bonds is 2. The van der Waals surface area contributed by atoms with Gasteiger partial charge in [-0.2, -0.15) is 0 Å². The fraction of sp³-hybridized carbons (Fsp3) is 0.375. The smallest absolute Gasteiger partial charge is 0.265 e. The maximum atomic E-state index is 12.0. The maximum absolute atomic E-state index is 12.0. The van der Waals surface area contributed by atoms with Gasteiger partial charge in [0.2, 0.25) is 0 Å². The third-order valence-corrected chi connectivity index (χ3v) is 2.08. The molecular formula is C8H8BrF2NO. The van der Waals surface area contributed by atoms with Crippen LogP contribution >= 0.6 is 15.9 Å². The van der Waals surface area contributed by atoms with Gasteiger partial charge in [0, 0.05) is 6.20 Å². The summed E-state index contributed by atoms with van der Waals surface area (Å²) in [6, 6.07) is 1.60. The van der Waals surface area contributed by atoms with Gasteiger partial charge in [-0.05, 0) is 34.5 Å². The molecule has 0 N–H and O–H groups in total. The molecule has 72 valence electrons. The lowest BCUT2D eigenvalue weighted by Crippen LogP contribution is -2.23. The Morgan fingerprint density at radius 3 is 2.77 bits per heavy atom. The molecule has 1 aromatic heterocycles. The minimum absolute atomic E-state index is 0.313. The van der Waals surface area contributed by atoms with E-state index in [0.717, 1.165) is 10.1 Å². The lowest BCUT2D eigenvalue weighted by atomic mass is 10.3. The molecule has 0 saturated heterocycles. The summed E-state index contributed by atoms with van der Waals surface area (Å²) in [5.74, 6) is 0. The summed E-state index contributed by atoms with van der Waals surface area (Å²) in [5.41, 5.74) is 0.345. The van der Waals surface area contributed by atoms with Gasteiger partial charge in [0.05, 0.1) is 11.0 Å². The van der Waals surface area contributed by atoms with E-state index in [4.69, 9.17) is 0 Å². The Morgan fingerprint density at radius 2 is 2.23 bits per heavy atom. The molecule has 0 aromatic carbocycles. The van der Waals surface area contributed by atoms with Crippen molar-refractivity contribution in [3.05, 3.63) is 32.7 Å². The van der Waals surface area contributed by atoms with Gasteiger partial charge >= 0.3 is 0 Å². The molecule has 1 heterocycles. The van der Waals surface area contributed by atoms with Crippen molar-refractivity contribution < 1.29 is 8.78 Å². The van der Waals surface area contributed by atoms with Gasteiger partial charge in [0.15, 0.2) is 0 Å². The van der Waals surface area contributed by atoms with Crippen molar-refractivity contribution in [1.82, 2.24) is 4.57 Å². The minimum Gasteiger partial charge on any atom is -0.309 e. The van der Waals surface area contributed by atoms with Crippen LogP contribution in [0.3, 0.4) is 0 Å². The topological polar surface area (TPSA) is 22.0 Å². The van der Waals surface area contributed by atoms with Crippen LogP contribution in [0.4, 0.5) is 8.78 Å². The molecule has 0 spiro atoms. The molecule has 1 rings (SSSR count). The molecular weight excluding hydrogens is 244 g/mol. The third kappa shape index (κ3) is 2.62. The Hall–Kier alpha value is -0.710. The van der Waals surface area contributed by atoms with E-state index in [1.165, 1.54) is 6.20 Å². The van der Waals surface area contributed by atoms with Crippen LogP contribution in [0, 0.1) is 6.92 Å². The molecule has 0 unspecified atom stereocenters. The number of alkyl halides is 2. The Balaban J connectivity index is 3.13. The van der Waals surface area contributed by atoms with Crippen molar-refractivity contribution in [3.8, 4) is 0 Å². The summed E-state index contributed by atoms with van der Waals surface area (Å²) in [4.78, 5) is 11.2. The lowest BCUT2D eigenvalue weighted by Gasteiger charge is -2.06. The monoisotopic (exact) mass is 251 g/mol. The van der Waals surface area contributed by atoms with E-state index < -0.39 is 18.5 Å². The number of aryl methyl sites for hydroxylation is 1. The number of hydrogen-bond acceptors (Lipinski definition) is 1. The van der Waals surface area contributed by atoms with Gasteiger partial charge in [-0.25, -0.2) is 8.78 Å². The summed E-state index contributed by atoms with van der Waals surface area (Å²) >= 11 is 3.01. The first-order valence-electron chi connectivity index (χ1n) is 3.65. The third-order valence-electron chi connectivity index (χ3n) is 1.51. The number of aromatic nitrogens is 1. The predicted octanol–water partition coefficient (Wildman–Crippen LogP) is 2.18. The molecule has 0 aliphatic rings. The molecule has 13 heavy (non-hydrogen) atoms. The molecule has 0 radical (unpaired) electrons. The van der Waals surface area contributed by atoms with E-state index in [1.807, 2.05) is 0 Å². The number of nitrogens with zero attached hydrogens (tertiary/aromatic N) is 1. The summed E-state index contributed by atoms with van der Waals surface area (Å²) in [6.07, 6.45) is -1.09. The normalized spacial score (nSPS) is 10.8. The Kier molecular flexibility index (Phi) is 3.19. The molecule has 0 saturated carbocycles. The van der Waals surface area contributed by atoms with Gasteiger partial charge in [0.25, 0.3) is 12.0 Å². The van der Waals surface area contributed by atoms with E-state index in [0.29, 0.717) is 4.47 Å². The standard InChI is InChI=1S/C8H8BrF2NO/c1-5-2-6(9)8(13)12(3-5)4-7(10)11/h2-3,7H,4H2,1H3.